The second kappa shape index (κ2) is 6.33. The molecule has 0 radical (unpaired) electrons. The van der Waals surface area contributed by atoms with Gasteiger partial charge in [-0.15, -0.1) is 0 Å². The number of ether oxygens (including phenoxy) is 1. The maximum atomic E-state index is 5.04. The van der Waals surface area contributed by atoms with Crippen LogP contribution in [0.3, 0.4) is 0 Å². The molecular formula is C14H20N4O. The molecule has 1 N–H and O–H groups in total. The molecule has 19 heavy (non-hydrogen) atoms. The lowest BCUT2D eigenvalue weighted by Gasteiger charge is -2.11. The van der Waals surface area contributed by atoms with Crippen LogP contribution in [0.25, 0.3) is 5.69 Å². The maximum Gasteiger partial charge on any atom is 0.207 e. The van der Waals surface area contributed by atoms with Gasteiger partial charge in [0.2, 0.25) is 5.95 Å². The summed E-state index contributed by atoms with van der Waals surface area (Å²) in [6.07, 6.45) is 6.63. The number of pyridine rings is 1. The molecule has 0 fully saturated rings. The van der Waals surface area contributed by atoms with Crippen molar-refractivity contribution in [1.82, 2.24) is 14.5 Å². The number of nitrogens with zero attached hydrogens (tertiary/aromatic N) is 3. The van der Waals surface area contributed by atoms with Crippen LogP contribution in [0.4, 0.5) is 5.95 Å². The van der Waals surface area contributed by atoms with Crippen molar-refractivity contribution in [3.63, 3.8) is 0 Å². The topological polar surface area (TPSA) is 52.0 Å². The van der Waals surface area contributed by atoms with Crippen LogP contribution in [0.1, 0.15) is 17.7 Å². The first-order valence-electron chi connectivity index (χ1n) is 6.42. The van der Waals surface area contributed by atoms with Crippen LogP contribution in [-0.4, -0.2) is 34.8 Å². The number of methoxy groups -OCH3 is 1. The average molecular weight is 260 g/mol. The van der Waals surface area contributed by atoms with Crippen molar-refractivity contribution in [2.45, 2.75) is 20.3 Å². The third-order valence-electron chi connectivity index (χ3n) is 2.91. The summed E-state index contributed by atoms with van der Waals surface area (Å²) < 4.78 is 7.09. The summed E-state index contributed by atoms with van der Waals surface area (Å²) in [6.45, 7) is 5.64. The molecule has 2 aromatic rings. The van der Waals surface area contributed by atoms with Gasteiger partial charge >= 0.3 is 0 Å². The number of hydrogen-bond donors (Lipinski definition) is 1. The summed E-state index contributed by atoms with van der Waals surface area (Å²) in [5, 5.41) is 3.34. The monoisotopic (exact) mass is 260 g/mol. The van der Waals surface area contributed by atoms with E-state index >= 15 is 0 Å². The van der Waals surface area contributed by atoms with Gasteiger partial charge in [0, 0.05) is 32.7 Å². The van der Waals surface area contributed by atoms with Crippen LogP contribution in [0.15, 0.2) is 24.7 Å². The number of aryl methyl sites for hydroxylation is 2. The highest BCUT2D eigenvalue weighted by molar-refractivity contribution is 5.46. The van der Waals surface area contributed by atoms with E-state index in [2.05, 4.69) is 22.2 Å². The van der Waals surface area contributed by atoms with Gasteiger partial charge in [0.05, 0.1) is 17.6 Å². The summed E-state index contributed by atoms with van der Waals surface area (Å²) >= 11 is 0. The summed E-state index contributed by atoms with van der Waals surface area (Å²) in [5.74, 6) is 0.852. The normalized spacial score (nSPS) is 10.7. The third kappa shape index (κ3) is 3.32. The molecule has 2 aromatic heterocycles. The van der Waals surface area contributed by atoms with Crippen molar-refractivity contribution >= 4 is 5.95 Å². The second-order valence-corrected chi connectivity index (χ2v) is 4.51. The molecule has 5 nitrogen and oxygen atoms in total. The van der Waals surface area contributed by atoms with Crippen LogP contribution in [0.5, 0.6) is 0 Å². The lowest BCUT2D eigenvalue weighted by Crippen LogP contribution is -2.10. The zero-order valence-electron chi connectivity index (χ0n) is 11.7. The fourth-order valence-electron chi connectivity index (χ4n) is 1.93. The lowest BCUT2D eigenvalue weighted by molar-refractivity contribution is 0.197. The highest BCUT2D eigenvalue weighted by Gasteiger charge is 2.09. The predicted molar refractivity (Wildman–Crippen MR) is 75.8 cm³/mol. The van der Waals surface area contributed by atoms with E-state index in [9.17, 15) is 0 Å². The highest BCUT2D eigenvalue weighted by atomic mass is 16.5. The van der Waals surface area contributed by atoms with Crippen molar-refractivity contribution < 1.29 is 4.74 Å². The minimum atomic E-state index is 0.749. The molecule has 0 spiro atoms. The van der Waals surface area contributed by atoms with Crippen LogP contribution in [0.2, 0.25) is 0 Å². The fraction of sp³-hybridized carbons (Fsp3) is 0.429. The Bertz CT molecular complexity index is 536. The van der Waals surface area contributed by atoms with E-state index in [1.54, 1.807) is 13.3 Å². The van der Waals surface area contributed by atoms with Gasteiger partial charge in [-0.3, -0.25) is 9.55 Å². The minimum absolute atomic E-state index is 0.749. The zero-order valence-corrected chi connectivity index (χ0v) is 11.7. The van der Waals surface area contributed by atoms with Crippen molar-refractivity contribution in [1.29, 1.82) is 0 Å². The molecule has 0 aliphatic rings. The summed E-state index contributed by atoms with van der Waals surface area (Å²) in [6, 6.07) is 2.00. The second-order valence-electron chi connectivity index (χ2n) is 4.51. The Morgan fingerprint density at radius 1 is 1.37 bits per heavy atom. The van der Waals surface area contributed by atoms with Crippen LogP contribution in [0, 0.1) is 13.8 Å². The number of hydrogen-bond acceptors (Lipinski definition) is 4. The molecule has 0 aliphatic heterocycles. The zero-order chi connectivity index (χ0) is 13.7. The molecule has 0 unspecified atom stereocenters. The quantitative estimate of drug-likeness (QED) is 0.810. The molecule has 0 amide bonds. The molecule has 2 heterocycles. The van der Waals surface area contributed by atoms with Crippen molar-refractivity contribution in [2.75, 3.05) is 25.6 Å². The first-order chi connectivity index (χ1) is 9.22. The first-order valence-corrected chi connectivity index (χ1v) is 6.42. The molecule has 5 heteroatoms. The highest BCUT2D eigenvalue weighted by Crippen LogP contribution is 2.18. The number of rotatable bonds is 6. The van der Waals surface area contributed by atoms with E-state index in [0.717, 1.165) is 36.9 Å². The molecule has 0 bridgehead atoms. The summed E-state index contributed by atoms with van der Waals surface area (Å²) in [4.78, 5) is 8.69. The molecule has 0 saturated heterocycles. The molecule has 2 rings (SSSR count). The maximum absolute atomic E-state index is 5.04. The van der Waals surface area contributed by atoms with E-state index in [4.69, 9.17) is 4.74 Å². The van der Waals surface area contributed by atoms with Gasteiger partial charge in [-0.1, -0.05) is 0 Å². The van der Waals surface area contributed by atoms with Crippen LogP contribution in [-0.2, 0) is 4.74 Å². The molecule has 102 valence electrons. The Morgan fingerprint density at radius 2 is 2.21 bits per heavy atom. The van der Waals surface area contributed by atoms with Crippen molar-refractivity contribution in [3.05, 3.63) is 35.9 Å². The number of imidazole rings is 1. The van der Waals surface area contributed by atoms with Gasteiger partial charge in [0.1, 0.15) is 0 Å². The molecule has 0 saturated carbocycles. The molecule has 0 atom stereocenters. The predicted octanol–water partition coefficient (Wildman–Crippen LogP) is 2.33. The Hall–Kier alpha value is -1.88. The Labute approximate surface area is 113 Å². The largest absolute Gasteiger partial charge is 0.385 e. The standard InChI is InChI=1S/C14H20N4O/c1-11-5-7-15-9-13(11)18-10-12(2)17-14(18)16-6-4-8-19-3/h5,7,9-10H,4,6,8H2,1-3H3,(H,16,17). The van der Waals surface area contributed by atoms with Gasteiger partial charge in [-0.05, 0) is 31.9 Å². The Morgan fingerprint density at radius 3 is 2.95 bits per heavy atom. The van der Waals surface area contributed by atoms with E-state index < -0.39 is 0 Å². The third-order valence-corrected chi connectivity index (χ3v) is 2.91. The summed E-state index contributed by atoms with van der Waals surface area (Å²) in [5.41, 5.74) is 3.21. The van der Waals surface area contributed by atoms with E-state index in [1.165, 1.54) is 5.56 Å². The number of nitrogens with one attached hydrogen (secondary N) is 1. The number of anilines is 1. The van der Waals surface area contributed by atoms with E-state index in [1.807, 2.05) is 30.0 Å². The fourth-order valence-corrected chi connectivity index (χ4v) is 1.93. The smallest absolute Gasteiger partial charge is 0.207 e. The summed E-state index contributed by atoms with van der Waals surface area (Å²) in [7, 11) is 1.71. The molecule has 0 aliphatic carbocycles. The minimum Gasteiger partial charge on any atom is -0.385 e. The van der Waals surface area contributed by atoms with Crippen LogP contribution >= 0.6 is 0 Å². The Balaban J connectivity index is 2.19. The van der Waals surface area contributed by atoms with Crippen LogP contribution < -0.4 is 5.32 Å². The van der Waals surface area contributed by atoms with Gasteiger partial charge in [0.15, 0.2) is 0 Å². The average Bonchev–Trinajstić information content (AvgIpc) is 2.76. The van der Waals surface area contributed by atoms with E-state index in [-0.39, 0.29) is 0 Å². The number of aromatic nitrogens is 3. The molecular weight excluding hydrogens is 240 g/mol. The van der Waals surface area contributed by atoms with Gasteiger partial charge < -0.3 is 10.1 Å². The van der Waals surface area contributed by atoms with Gasteiger partial charge in [-0.2, -0.15) is 0 Å². The van der Waals surface area contributed by atoms with E-state index in [0.29, 0.717) is 0 Å². The van der Waals surface area contributed by atoms with Crippen molar-refractivity contribution in [2.24, 2.45) is 0 Å². The van der Waals surface area contributed by atoms with Gasteiger partial charge in [0.25, 0.3) is 0 Å². The van der Waals surface area contributed by atoms with Crippen molar-refractivity contribution in [3.8, 4) is 5.69 Å². The lowest BCUT2D eigenvalue weighted by atomic mass is 10.2. The molecule has 0 aromatic carbocycles. The van der Waals surface area contributed by atoms with Gasteiger partial charge in [-0.25, -0.2) is 4.98 Å². The Kier molecular flexibility index (Phi) is 4.52. The first kappa shape index (κ1) is 13.5. The SMILES string of the molecule is COCCCNc1nc(C)cn1-c1cnccc1C.